The van der Waals surface area contributed by atoms with Gasteiger partial charge in [-0.15, -0.1) is 0 Å². The van der Waals surface area contributed by atoms with E-state index in [1.54, 1.807) is 18.2 Å². The lowest BCUT2D eigenvalue weighted by Gasteiger charge is -2.29. The average molecular weight is 270 g/mol. The summed E-state index contributed by atoms with van der Waals surface area (Å²) in [6, 6.07) is 4.17. The summed E-state index contributed by atoms with van der Waals surface area (Å²) < 4.78 is 4.71. The van der Waals surface area contributed by atoms with E-state index in [1.165, 1.54) is 7.11 Å². The molecule has 1 aliphatic heterocycles. The first-order chi connectivity index (χ1) is 8.52. The van der Waals surface area contributed by atoms with Crippen LogP contribution >= 0.6 is 11.6 Å². The van der Waals surface area contributed by atoms with Gasteiger partial charge in [0.05, 0.1) is 13.0 Å². The van der Waals surface area contributed by atoms with Gasteiger partial charge in [0.2, 0.25) is 0 Å². The first-order valence-electron chi connectivity index (χ1n) is 5.39. The second-order valence-corrected chi connectivity index (χ2v) is 4.51. The lowest BCUT2D eigenvalue weighted by molar-refractivity contribution is -0.143. The second kappa shape index (κ2) is 4.86. The molecule has 1 aromatic rings. The van der Waals surface area contributed by atoms with E-state index in [2.05, 4.69) is 5.32 Å². The number of nitrogens with one attached hydrogen (secondary N) is 1. The number of fused-ring (bicyclic) bond motifs is 1. The minimum Gasteiger partial charge on any atom is -0.480 e. The number of rotatable bonds is 2. The first kappa shape index (κ1) is 12.7. The van der Waals surface area contributed by atoms with E-state index in [0.717, 1.165) is 0 Å². The van der Waals surface area contributed by atoms with Crippen LogP contribution in [0.3, 0.4) is 0 Å². The van der Waals surface area contributed by atoms with Crippen LogP contribution in [-0.4, -0.2) is 30.2 Å². The predicted octanol–water partition coefficient (Wildman–Crippen LogP) is 1.87. The number of benzene rings is 1. The Hall–Kier alpha value is -1.75. The van der Waals surface area contributed by atoms with Crippen LogP contribution < -0.4 is 5.32 Å². The molecule has 1 aromatic carbocycles. The van der Waals surface area contributed by atoms with E-state index in [-0.39, 0.29) is 6.42 Å². The highest BCUT2D eigenvalue weighted by Crippen LogP contribution is 2.36. The summed E-state index contributed by atoms with van der Waals surface area (Å²) in [5.41, 5.74) is 1.28. The lowest BCUT2D eigenvalue weighted by atomic mass is 9.87. The number of carbonyl (C=O) groups is 2. The number of aliphatic carboxylic acids is 1. The fourth-order valence-corrected chi connectivity index (χ4v) is 2.27. The van der Waals surface area contributed by atoms with Crippen molar-refractivity contribution in [3.8, 4) is 0 Å². The zero-order valence-electron chi connectivity index (χ0n) is 9.64. The third kappa shape index (κ3) is 2.26. The van der Waals surface area contributed by atoms with Crippen LogP contribution in [0.5, 0.6) is 0 Å². The van der Waals surface area contributed by atoms with Crippen LogP contribution in [0.1, 0.15) is 17.9 Å². The molecule has 0 spiro atoms. The Morgan fingerprint density at radius 1 is 1.50 bits per heavy atom. The van der Waals surface area contributed by atoms with Crippen LogP contribution in [0.2, 0.25) is 5.02 Å². The third-order valence-corrected chi connectivity index (χ3v) is 3.21. The van der Waals surface area contributed by atoms with E-state index >= 15 is 0 Å². The van der Waals surface area contributed by atoms with Crippen LogP contribution in [0.15, 0.2) is 18.2 Å². The van der Waals surface area contributed by atoms with Crippen molar-refractivity contribution in [2.24, 2.45) is 0 Å². The van der Waals surface area contributed by atoms with Crippen molar-refractivity contribution in [3.63, 3.8) is 0 Å². The van der Waals surface area contributed by atoms with Gasteiger partial charge >= 0.3 is 11.9 Å². The molecule has 5 nitrogen and oxygen atoms in total. The fraction of sp³-hybridized carbons (Fsp3) is 0.333. The van der Waals surface area contributed by atoms with Gasteiger partial charge < -0.3 is 15.2 Å². The molecular weight excluding hydrogens is 258 g/mol. The molecule has 1 aliphatic rings. The number of anilines is 1. The van der Waals surface area contributed by atoms with Crippen molar-refractivity contribution in [1.82, 2.24) is 0 Å². The molecule has 2 atom stereocenters. The monoisotopic (exact) mass is 269 g/mol. The maximum absolute atomic E-state index is 11.7. The highest BCUT2D eigenvalue weighted by Gasteiger charge is 2.35. The Morgan fingerprint density at radius 3 is 2.83 bits per heavy atom. The first-order valence-corrected chi connectivity index (χ1v) is 5.77. The number of hydrogen-bond acceptors (Lipinski definition) is 4. The van der Waals surface area contributed by atoms with Crippen molar-refractivity contribution in [2.45, 2.75) is 18.4 Å². The number of halogens is 1. The topological polar surface area (TPSA) is 75.6 Å². The summed E-state index contributed by atoms with van der Waals surface area (Å²) in [4.78, 5) is 22.8. The molecule has 18 heavy (non-hydrogen) atoms. The lowest BCUT2D eigenvalue weighted by Crippen LogP contribution is -2.37. The molecule has 2 N–H and O–H groups in total. The average Bonchev–Trinajstić information content (AvgIpc) is 2.35. The van der Waals surface area contributed by atoms with Gasteiger partial charge in [0.25, 0.3) is 0 Å². The van der Waals surface area contributed by atoms with Gasteiger partial charge in [0, 0.05) is 10.7 Å². The molecule has 96 valence electrons. The summed E-state index contributed by atoms with van der Waals surface area (Å²) in [7, 11) is 1.29. The fourth-order valence-electron chi connectivity index (χ4n) is 2.09. The Kier molecular flexibility index (Phi) is 3.43. The van der Waals surface area contributed by atoms with Gasteiger partial charge in [-0.25, -0.2) is 4.79 Å². The van der Waals surface area contributed by atoms with Crippen LogP contribution in [0, 0.1) is 0 Å². The largest absolute Gasteiger partial charge is 0.480 e. The molecule has 0 radical (unpaired) electrons. The third-order valence-electron chi connectivity index (χ3n) is 2.98. The molecule has 0 aromatic heterocycles. The van der Waals surface area contributed by atoms with E-state index in [1.807, 2.05) is 0 Å². The molecule has 0 saturated carbocycles. The van der Waals surface area contributed by atoms with E-state index < -0.39 is 23.9 Å². The highest BCUT2D eigenvalue weighted by molar-refractivity contribution is 6.30. The number of ether oxygens (including phenoxy) is 1. The summed E-state index contributed by atoms with van der Waals surface area (Å²) >= 11 is 5.86. The van der Waals surface area contributed by atoms with E-state index in [0.29, 0.717) is 16.3 Å². The quantitative estimate of drug-likeness (QED) is 0.802. The van der Waals surface area contributed by atoms with Crippen molar-refractivity contribution >= 4 is 29.2 Å². The summed E-state index contributed by atoms with van der Waals surface area (Å²) in [6.45, 7) is 0. The molecule has 0 unspecified atom stereocenters. The molecule has 2 rings (SSSR count). The number of hydrogen-bond donors (Lipinski definition) is 2. The minimum atomic E-state index is -1.01. The number of esters is 1. The molecule has 0 aliphatic carbocycles. The van der Waals surface area contributed by atoms with Gasteiger partial charge in [0.15, 0.2) is 0 Å². The standard InChI is InChI=1S/C12H12ClNO4/c1-18-12(17)8-5-10(11(15)16)14-9-4-6(13)2-3-7(8)9/h2-4,8,10,14H,5H2,1H3,(H,15,16)/t8-,10+/m0/s1. The highest BCUT2D eigenvalue weighted by atomic mass is 35.5. The Balaban J connectivity index is 2.43. The van der Waals surface area contributed by atoms with Crippen molar-refractivity contribution in [1.29, 1.82) is 0 Å². The van der Waals surface area contributed by atoms with Gasteiger partial charge in [-0.1, -0.05) is 17.7 Å². The summed E-state index contributed by atoms with van der Waals surface area (Å²) in [5, 5.41) is 12.4. The predicted molar refractivity (Wildman–Crippen MR) is 65.9 cm³/mol. The smallest absolute Gasteiger partial charge is 0.326 e. The maximum atomic E-state index is 11.7. The van der Waals surface area contributed by atoms with Gasteiger partial charge in [-0.3, -0.25) is 4.79 Å². The zero-order valence-corrected chi connectivity index (χ0v) is 10.4. The van der Waals surface area contributed by atoms with Crippen molar-refractivity contribution < 1.29 is 19.4 Å². The number of carbonyl (C=O) groups excluding carboxylic acids is 1. The molecule has 0 bridgehead atoms. The van der Waals surface area contributed by atoms with E-state index in [9.17, 15) is 9.59 Å². The molecular formula is C12H12ClNO4. The molecule has 0 amide bonds. The number of methoxy groups -OCH3 is 1. The van der Waals surface area contributed by atoms with Gasteiger partial charge in [-0.2, -0.15) is 0 Å². The van der Waals surface area contributed by atoms with Crippen LogP contribution in [0.25, 0.3) is 0 Å². The molecule has 0 fully saturated rings. The SMILES string of the molecule is COC(=O)[C@H]1C[C@H](C(=O)O)Nc2cc(Cl)ccc21. The molecule has 6 heteroatoms. The zero-order chi connectivity index (χ0) is 13.3. The number of carboxylic acid groups (broad SMARTS) is 1. The van der Waals surface area contributed by atoms with Gasteiger partial charge in [-0.05, 0) is 24.1 Å². The van der Waals surface area contributed by atoms with Gasteiger partial charge in [0.1, 0.15) is 6.04 Å². The van der Waals surface area contributed by atoms with E-state index in [4.69, 9.17) is 21.4 Å². The Bertz CT molecular complexity index is 503. The second-order valence-electron chi connectivity index (χ2n) is 4.08. The summed E-state index contributed by atoms with van der Waals surface area (Å²) in [5.74, 6) is -2.02. The minimum absolute atomic E-state index is 0.163. The maximum Gasteiger partial charge on any atom is 0.326 e. The molecule has 1 heterocycles. The number of carboxylic acids is 1. The summed E-state index contributed by atoms with van der Waals surface area (Å²) in [6.07, 6.45) is 0.163. The Labute approximate surface area is 109 Å². The Morgan fingerprint density at radius 2 is 2.22 bits per heavy atom. The normalized spacial score (nSPS) is 21.7. The van der Waals surface area contributed by atoms with Crippen molar-refractivity contribution in [2.75, 3.05) is 12.4 Å². The molecule has 0 saturated heterocycles. The van der Waals surface area contributed by atoms with Crippen molar-refractivity contribution in [3.05, 3.63) is 28.8 Å². The van der Waals surface area contributed by atoms with Crippen LogP contribution in [-0.2, 0) is 14.3 Å². The van der Waals surface area contributed by atoms with Crippen LogP contribution in [0.4, 0.5) is 5.69 Å².